The van der Waals surface area contributed by atoms with Gasteiger partial charge in [0.1, 0.15) is 5.75 Å². The van der Waals surface area contributed by atoms with Crippen LogP contribution in [-0.2, 0) is 0 Å². The van der Waals surface area contributed by atoms with Crippen molar-refractivity contribution in [2.45, 2.75) is 39.7 Å². The highest BCUT2D eigenvalue weighted by atomic mass is 79.9. The minimum absolute atomic E-state index is 0.174. The number of benzene rings is 1. The summed E-state index contributed by atoms with van der Waals surface area (Å²) in [5.74, 6) is 1.45. The predicted molar refractivity (Wildman–Crippen MR) is 86.2 cm³/mol. The highest BCUT2D eigenvalue weighted by Crippen LogP contribution is 2.29. The number of rotatable bonds is 8. The number of nitrogens with one attached hydrogen (secondary N) is 1. The summed E-state index contributed by atoms with van der Waals surface area (Å²) in [5, 5.41) is 4.10. The summed E-state index contributed by atoms with van der Waals surface area (Å²) in [4.78, 5) is 0. The Morgan fingerprint density at radius 3 is 2.74 bits per heavy atom. The van der Waals surface area contributed by atoms with Crippen LogP contribution in [-0.4, -0.2) is 19.2 Å². The zero-order valence-corrected chi connectivity index (χ0v) is 14.2. The van der Waals surface area contributed by atoms with Crippen molar-refractivity contribution in [1.29, 1.82) is 0 Å². The van der Waals surface area contributed by atoms with Crippen molar-refractivity contribution >= 4 is 27.5 Å². The van der Waals surface area contributed by atoms with E-state index >= 15 is 0 Å². The second-order valence-corrected chi connectivity index (χ2v) is 6.57. The quantitative estimate of drug-likeness (QED) is 0.675. The zero-order chi connectivity index (χ0) is 14.3. The minimum atomic E-state index is 0.174. The van der Waals surface area contributed by atoms with Gasteiger partial charge in [-0.1, -0.05) is 41.4 Å². The number of hydrogen-bond donors (Lipinski definition) is 1. The molecule has 1 atom stereocenters. The van der Waals surface area contributed by atoms with Crippen molar-refractivity contribution in [3.63, 3.8) is 0 Å². The van der Waals surface area contributed by atoms with Gasteiger partial charge in [0.15, 0.2) is 0 Å². The molecule has 0 amide bonds. The molecule has 4 heteroatoms. The molecule has 0 aromatic heterocycles. The molecule has 1 N–H and O–H groups in total. The molecule has 0 radical (unpaired) electrons. The Balaban J connectivity index is 2.27. The summed E-state index contributed by atoms with van der Waals surface area (Å²) in [6, 6.07) is 5.67. The highest BCUT2D eigenvalue weighted by Gasteiger charge is 2.08. The Morgan fingerprint density at radius 1 is 1.32 bits per heavy atom. The van der Waals surface area contributed by atoms with Gasteiger partial charge in [-0.05, 0) is 57.0 Å². The molecule has 0 aliphatic rings. The molecule has 1 rings (SSSR count). The lowest BCUT2D eigenvalue weighted by molar-refractivity contribution is 0.207. The average molecular weight is 349 g/mol. The molecule has 1 aromatic carbocycles. The molecule has 0 saturated heterocycles. The number of ether oxygens (including phenoxy) is 1. The lowest BCUT2D eigenvalue weighted by atomic mass is 10.2. The molecule has 0 aliphatic carbocycles. The van der Waals surface area contributed by atoms with E-state index in [9.17, 15) is 0 Å². The monoisotopic (exact) mass is 347 g/mol. The molecule has 0 spiro atoms. The first kappa shape index (κ1) is 16.8. The molecule has 2 nitrogen and oxygen atoms in total. The van der Waals surface area contributed by atoms with Gasteiger partial charge in [-0.3, -0.25) is 0 Å². The lowest BCUT2D eigenvalue weighted by Crippen LogP contribution is -2.22. The molecular formula is C15H23BrClNO. The average Bonchev–Trinajstić information content (AvgIpc) is 2.33. The summed E-state index contributed by atoms with van der Waals surface area (Å²) in [7, 11) is 0. The van der Waals surface area contributed by atoms with E-state index < -0.39 is 0 Å². The zero-order valence-electron chi connectivity index (χ0n) is 11.9. The largest absolute Gasteiger partial charge is 0.489 e. The molecule has 1 aromatic rings. The van der Waals surface area contributed by atoms with Gasteiger partial charge in [-0.2, -0.15) is 0 Å². The van der Waals surface area contributed by atoms with Gasteiger partial charge >= 0.3 is 0 Å². The maximum absolute atomic E-state index is 6.10. The minimum Gasteiger partial charge on any atom is -0.489 e. The smallest absolute Gasteiger partial charge is 0.139 e. The molecule has 0 aliphatic heterocycles. The maximum Gasteiger partial charge on any atom is 0.139 e. The Kier molecular flexibility index (Phi) is 7.81. The van der Waals surface area contributed by atoms with Crippen LogP contribution in [0.3, 0.4) is 0 Å². The van der Waals surface area contributed by atoms with Gasteiger partial charge in [-0.25, -0.2) is 0 Å². The van der Waals surface area contributed by atoms with Crippen LogP contribution in [0.25, 0.3) is 0 Å². The second kappa shape index (κ2) is 8.83. The Bertz CT molecular complexity index is 384. The van der Waals surface area contributed by atoms with E-state index in [1.165, 1.54) is 0 Å². The summed E-state index contributed by atoms with van der Waals surface area (Å²) >= 11 is 9.52. The third-order valence-electron chi connectivity index (χ3n) is 2.74. The van der Waals surface area contributed by atoms with Gasteiger partial charge in [-0.15, -0.1) is 0 Å². The van der Waals surface area contributed by atoms with Gasteiger partial charge in [0, 0.05) is 4.47 Å². The summed E-state index contributed by atoms with van der Waals surface area (Å²) in [6.07, 6.45) is 2.31. The van der Waals surface area contributed by atoms with Crippen molar-refractivity contribution in [3.8, 4) is 5.75 Å². The van der Waals surface area contributed by atoms with Crippen LogP contribution in [0.1, 0.15) is 33.6 Å². The van der Waals surface area contributed by atoms with Crippen LogP contribution in [0, 0.1) is 5.92 Å². The fourth-order valence-corrected chi connectivity index (χ4v) is 2.25. The van der Waals surface area contributed by atoms with E-state index in [-0.39, 0.29) is 6.10 Å². The molecule has 1 unspecified atom stereocenters. The van der Waals surface area contributed by atoms with Gasteiger partial charge in [0.05, 0.1) is 11.1 Å². The normalized spacial score (nSPS) is 12.7. The van der Waals surface area contributed by atoms with Gasteiger partial charge in [0.2, 0.25) is 0 Å². The van der Waals surface area contributed by atoms with Crippen LogP contribution in [0.2, 0.25) is 5.02 Å². The first-order chi connectivity index (χ1) is 8.99. The van der Waals surface area contributed by atoms with E-state index in [2.05, 4.69) is 42.0 Å². The molecule has 108 valence electrons. The van der Waals surface area contributed by atoms with Crippen molar-refractivity contribution < 1.29 is 4.74 Å². The van der Waals surface area contributed by atoms with Crippen molar-refractivity contribution in [2.75, 3.05) is 13.1 Å². The van der Waals surface area contributed by atoms with Crippen LogP contribution in [0.15, 0.2) is 22.7 Å². The third-order valence-corrected chi connectivity index (χ3v) is 3.54. The van der Waals surface area contributed by atoms with Crippen molar-refractivity contribution in [2.24, 2.45) is 5.92 Å². The maximum atomic E-state index is 6.10. The summed E-state index contributed by atoms with van der Waals surface area (Å²) < 4.78 is 6.85. The molecule has 0 heterocycles. The van der Waals surface area contributed by atoms with Gasteiger partial charge < -0.3 is 10.1 Å². The predicted octanol–water partition coefficient (Wildman–Crippen LogP) is 4.90. The Labute approximate surface area is 130 Å². The molecule has 0 bridgehead atoms. The van der Waals surface area contributed by atoms with Crippen molar-refractivity contribution in [3.05, 3.63) is 27.7 Å². The first-order valence-corrected chi connectivity index (χ1v) is 7.98. The Morgan fingerprint density at radius 2 is 2.05 bits per heavy atom. The molecule has 0 fully saturated rings. The van der Waals surface area contributed by atoms with Crippen LogP contribution in [0.4, 0.5) is 0 Å². The number of halogens is 2. The fraction of sp³-hybridized carbons (Fsp3) is 0.600. The fourth-order valence-electron chi connectivity index (χ4n) is 1.75. The highest BCUT2D eigenvalue weighted by molar-refractivity contribution is 9.10. The van der Waals surface area contributed by atoms with Crippen LogP contribution >= 0.6 is 27.5 Å². The van der Waals surface area contributed by atoms with E-state index in [4.69, 9.17) is 16.3 Å². The standard InChI is InChI=1S/C15H23BrClNO/c1-11(2)10-18-8-4-5-12(3)19-15-9-13(16)6-7-14(15)17/h6-7,9,11-12,18H,4-5,8,10H2,1-3H3. The summed E-state index contributed by atoms with van der Waals surface area (Å²) in [6.45, 7) is 8.63. The van der Waals surface area contributed by atoms with Gasteiger partial charge in [0.25, 0.3) is 0 Å². The van der Waals surface area contributed by atoms with Crippen molar-refractivity contribution in [1.82, 2.24) is 5.32 Å². The first-order valence-electron chi connectivity index (χ1n) is 6.81. The number of hydrogen-bond acceptors (Lipinski definition) is 2. The lowest BCUT2D eigenvalue weighted by Gasteiger charge is -2.16. The SMILES string of the molecule is CC(C)CNCCCC(C)Oc1cc(Br)ccc1Cl. The topological polar surface area (TPSA) is 21.3 Å². The van der Waals surface area contributed by atoms with E-state index in [0.29, 0.717) is 10.9 Å². The third kappa shape index (κ3) is 7.19. The second-order valence-electron chi connectivity index (χ2n) is 5.24. The molecule has 19 heavy (non-hydrogen) atoms. The van der Waals surface area contributed by atoms with Crippen LogP contribution in [0.5, 0.6) is 5.75 Å². The van der Waals surface area contributed by atoms with E-state index in [0.717, 1.165) is 36.2 Å². The van der Waals surface area contributed by atoms with E-state index in [1.54, 1.807) is 0 Å². The van der Waals surface area contributed by atoms with Crippen LogP contribution < -0.4 is 10.1 Å². The molecular weight excluding hydrogens is 326 g/mol. The Hall–Kier alpha value is -0.250. The molecule has 0 saturated carbocycles. The summed E-state index contributed by atoms with van der Waals surface area (Å²) in [5.41, 5.74) is 0. The van der Waals surface area contributed by atoms with E-state index in [1.807, 2.05) is 18.2 Å².